The third-order valence-corrected chi connectivity index (χ3v) is 2.31. The smallest absolute Gasteiger partial charge is 0.204 e. The van der Waals surface area contributed by atoms with Crippen molar-refractivity contribution in [1.82, 2.24) is 0 Å². The highest BCUT2D eigenvalue weighted by atomic mass is 16.7. The molecule has 1 aromatic carbocycles. The number of hydrogen-bond donors (Lipinski definition) is 0. The lowest BCUT2D eigenvalue weighted by atomic mass is 10.1. The van der Waals surface area contributed by atoms with E-state index in [-0.39, 0.29) is 0 Å². The third kappa shape index (κ3) is 3.38. The van der Waals surface area contributed by atoms with Crippen LogP contribution in [0.5, 0.6) is 0 Å². The second kappa shape index (κ2) is 5.17. The minimum Gasteiger partial charge on any atom is -0.463 e. The summed E-state index contributed by atoms with van der Waals surface area (Å²) in [4.78, 5) is 0. The first-order valence-corrected chi connectivity index (χ1v) is 5.54. The van der Waals surface area contributed by atoms with Gasteiger partial charge in [0.2, 0.25) is 5.79 Å². The molecular formula is C14H20O2. The number of ether oxygens (including phenoxy) is 2. The molecule has 0 saturated heterocycles. The zero-order chi connectivity index (χ0) is 12.2. The van der Waals surface area contributed by atoms with E-state index in [4.69, 9.17) is 9.47 Å². The summed E-state index contributed by atoms with van der Waals surface area (Å²) in [6, 6.07) is 8.02. The van der Waals surface area contributed by atoms with Crippen molar-refractivity contribution in [2.75, 3.05) is 6.61 Å². The lowest BCUT2D eigenvalue weighted by Crippen LogP contribution is -2.27. The van der Waals surface area contributed by atoms with Gasteiger partial charge in [0.1, 0.15) is 5.76 Å². The van der Waals surface area contributed by atoms with Crippen LogP contribution in [-0.4, -0.2) is 12.4 Å². The average Bonchev–Trinajstić information content (AvgIpc) is 2.17. The molecule has 16 heavy (non-hydrogen) atoms. The molecule has 0 spiro atoms. The highest BCUT2D eigenvalue weighted by Gasteiger charge is 2.20. The highest BCUT2D eigenvalue weighted by Crippen LogP contribution is 2.24. The molecule has 0 aliphatic heterocycles. The van der Waals surface area contributed by atoms with Crippen molar-refractivity contribution in [2.45, 2.75) is 33.5 Å². The average molecular weight is 220 g/mol. The first-order valence-electron chi connectivity index (χ1n) is 5.54. The first-order chi connectivity index (χ1) is 7.46. The second-order valence-electron chi connectivity index (χ2n) is 4.17. The Labute approximate surface area is 97.9 Å². The fourth-order valence-electron chi connectivity index (χ4n) is 1.61. The van der Waals surface area contributed by atoms with Gasteiger partial charge in [-0.25, -0.2) is 0 Å². The molecule has 1 aromatic rings. The molecule has 1 rings (SSSR count). The molecule has 0 bridgehead atoms. The Kier molecular flexibility index (Phi) is 4.13. The molecule has 2 heteroatoms. The summed E-state index contributed by atoms with van der Waals surface area (Å²) in [6.07, 6.45) is 0. The summed E-state index contributed by atoms with van der Waals surface area (Å²) < 4.78 is 11.2. The van der Waals surface area contributed by atoms with Crippen LogP contribution in [0.3, 0.4) is 0 Å². The highest BCUT2D eigenvalue weighted by molar-refractivity contribution is 5.60. The van der Waals surface area contributed by atoms with Crippen LogP contribution in [0, 0.1) is 6.92 Å². The monoisotopic (exact) mass is 220 g/mol. The predicted octanol–water partition coefficient (Wildman–Crippen LogP) is 3.75. The SMILES string of the molecule is C=C(OC(C)(C)OCC)c1ccccc1C. The minimum absolute atomic E-state index is 0.619. The Morgan fingerprint density at radius 3 is 2.50 bits per heavy atom. The molecule has 0 heterocycles. The molecule has 0 amide bonds. The van der Waals surface area contributed by atoms with Crippen LogP contribution in [0.25, 0.3) is 5.76 Å². The normalized spacial score (nSPS) is 11.2. The van der Waals surface area contributed by atoms with Crippen LogP contribution in [-0.2, 0) is 9.47 Å². The Bertz CT molecular complexity index is 367. The van der Waals surface area contributed by atoms with Crippen molar-refractivity contribution in [1.29, 1.82) is 0 Å². The molecule has 0 unspecified atom stereocenters. The van der Waals surface area contributed by atoms with Gasteiger partial charge in [-0.2, -0.15) is 0 Å². The molecule has 0 saturated carbocycles. The van der Waals surface area contributed by atoms with E-state index in [1.807, 2.05) is 52.0 Å². The Morgan fingerprint density at radius 1 is 1.31 bits per heavy atom. The summed E-state index contributed by atoms with van der Waals surface area (Å²) in [6.45, 7) is 12.3. The minimum atomic E-state index is -0.631. The van der Waals surface area contributed by atoms with E-state index in [2.05, 4.69) is 6.58 Å². The maximum Gasteiger partial charge on any atom is 0.204 e. The number of hydrogen-bond acceptors (Lipinski definition) is 2. The summed E-state index contributed by atoms with van der Waals surface area (Å²) in [5, 5.41) is 0. The Balaban J connectivity index is 2.77. The van der Waals surface area contributed by atoms with Crippen molar-refractivity contribution in [2.24, 2.45) is 0 Å². The largest absolute Gasteiger partial charge is 0.463 e. The van der Waals surface area contributed by atoms with Crippen molar-refractivity contribution < 1.29 is 9.47 Å². The Hall–Kier alpha value is -1.28. The van der Waals surface area contributed by atoms with E-state index in [0.29, 0.717) is 12.4 Å². The van der Waals surface area contributed by atoms with Crippen LogP contribution in [0.15, 0.2) is 30.8 Å². The van der Waals surface area contributed by atoms with Crippen molar-refractivity contribution in [3.63, 3.8) is 0 Å². The van der Waals surface area contributed by atoms with Gasteiger partial charge in [0.05, 0.1) is 0 Å². The van der Waals surface area contributed by atoms with Gasteiger partial charge in [0, 0.05) is 26.0 Å². The Morgan fingerprint density at radius 2 is 1.94 bits per heavy atom. The van der Waals surface area contributed by atoms with Gasteiger partial charge in [0.15, 0.2) is 0 Å². The van der Waals surface area contributed by atoms with E-state index in [1.54, 1.807) is 0 Å². The first kappa shape index (κ1) is 12.8. The van der Waals surface area contributed by atoms with Gasteiger partial charge in [0.25, 0.3) is 0 Å². The molecular weight excluding hydrogens is 200 g/mol. The van der Waals surface area contributed by atoms with E-state index < -0.39 is 5.79 Å². The van der Waals surface area contributed by atoms with Gasteiger partial charge in [-0.3, -0.25) is 0 Å². The second-order valence-corrected chi connectivity index (χ2v) is 4.17. The summed E-state index contributed by atoms with van der Waals surface area (Å²) >= 11 is 0. The number of rotatable bonds is 5. The molecule has 0 atom stereocenters. The topological polar surface area (TPSA) is 18.5 Å². The van der Waals surface area contributed by atoms with Gasteiger partial charge < -0.3 is 9.47 Å². The van der Waals surface area contributed by atoms with E-state index in [1.165, 1.54) is 0 Å². The molecule has 0 aliphatic carbocycles. The van der Waals surface area contributed by atoms with E-state index in [0.717, 1.165) is 11.1 Å². The fourth-order valence-corrected chi connectivity index (χ4v) is 1.61. The van der Waals surface area contributed by atoms with E-state index >= 15 is 0 Å². The standard InChI is InChI=1S/C14H20O2/c1-6-15-14(4,5)16-12(3)13-10-8-7-9-11(13)2/h7-10H,3,6H2,1-2,4-5H3. The summed E-state index contributed by atoms with van der Waals surface area (Å²) in [5.74, 6) is 0.0187. The van der Waals surface area contributed by atoms with Gasteiger partial charge in [-0.1, -0.05) is 30.8 Å². The molecule has 0 aromatic heterocycles. The molecule has 0 fully saturated rings. The maximum atomic E-state index is 5.73. The molecule has 88 valence electrons. The van der Waals surface area contributed by atoms with Gasteiger partial charge >= 0.3 is 0 Å². The fraction of sp³-hybridized carbons (Fsp3) is 0.429. The van der Waals surface area contributed by atoms with Crippen LogP contribution in [0.4, 0.5) is 0 Å². The molecule has 0 N–H and O–H groups in total. The van der Waals surface area contributed by atoms with Crippen molar-refractivity contribution in [3.05, 3.63) is 42.0 Å². The lowest BCUT2D eigenvalue weighted by Gasteiger charge is -2.27. The van der Waals surface area contributed by atoms with Crippen LogP contribution < -0.4 is 0 Å². The molecule has 0 radical (unpaired) electrons. The summed E-state index contributed by atoms with van der Waals surface area (Å²) in [5.41, 5.74) is 2.18. The molecule has 2 nitrogen and oxygen atoms in total. The summed E-state index contributed by atoms with van der Waals surface area (Å²) in [7, 11) is 0. The zero-order valence-corrected chi connectivity index (χ0v) is 10.5. The van der Waals surface area contributed by atoms with Gasteiger partial charge in [-0.15, -0.1) is 0 Å². The van der Waals surface area contributed by atoms with E-state index in [9.17, 15) is 0 Å². The number of aryl methyl sites for hydroxylation is 1. The number of benzene rings is 1. The quantitative estimate of drug-likeness (QED) is 0.555. The van der Waals surface area contributed by atoms with Crippen LogP contribution in [0.1, 0.15) is 31.9 Å². The van der Waals surface area contributed by atoms with Crippen molar-refractivity contribution >= 4 is 5.76 Å². The zero-order valence-electron chi connectivity index (χ0n) is 10.5. The molecule has 0 aliphatic rings. The van der Waals surface area contributed by atoms with Crippen LogP contribution >= 0.6 is 0 Å². The predicted molar refractivity (Wildman–Crippen MR) is 67.0 cm³/mol. The van der Waals surface area contributed by atoms with Crippen molar-refractivity contribution in [3.8, 4) is 0 Å². The van der Waals surface area contributed by atoms with Gasteiger partial charge in [-0.05, 0) is 19.4 Å². The lowest BCUT2D eigenvalue weighted by molar-refractivity contribution is -0.168. The maximum absolute atomic E-state index is 5.73. The van der Waals surface area contributed by atoms with Crippen LogP contribution in [0.2, 0.25) is 0 Å². The third-order valence-electron chi connectivity index (χ3n) is 2.31.